The molecule has 0 radical (unpaired) electrons. The Balaban J connectivity index is 1.60. The molecule has 1 aliphatic rings. The smallest absolute Gasteiger partial charge is 0.225 e. The normalized spacial score (nSPS) is 16.0. The molecule has 0 saturated carbocycles. The molecular formula is C14H16ClN5O. The third-order valence-electron chi connectivity index (χ3n) is 3.53. The minimum Gasteiger partial charge on any atom is -0.474 e. The molecule has 0 bridgehead atoms. The molecule has 2 aromatic heterocycles. The van der Waals surface area contributed by atoms with Crippen LogP contribution in [0, 0.1) is 6.92 Å². The van der Waals surface area contributed by atoms with Crippen molar-refractivity contribution in [3.8, 4) is 5.88 Å². The molecule has 7 heteroatoms. The second kappa shape index (κ2) is 6.22. The summed E-state index contributed by atoms with van der Waals surface area (Å²) in [5.41, 5.74) is 0.785. The molecule has 0 spiro atoms. The van der Waals surface area contributed by atoms with Crippen LogP contribution in [0.25, 0.3) is 0 Å². The summed E-state index contributed by atoms with van der Waals surface area (Å²) in [6.45, 7) is 3.60. The van der Waals surface area contributed by atoms with Crippen LogP contribution in [-0.2, 0) is 0 Å². The molecule has 1 aliphatic heterocycles. The van der Waals surface area contributed by atoms with Gasteiger partial charge in [-0.3, -0.25) is 0 Å². The van der Waals surface area contributed by atoms with E-state index in [4.69, 9.17) is 16.3 Å². The molecule has 0 amide bonds. The fourth-order valence-corrected chi connectivity index (χ4v) is 2.44. The average Bonchev–Trinajstić information content (AvgIpc) is 2.53. The van der Waals surface area contributed by atoms with Crippen LogP contribution in [0.3, 0.4) is 0 Å². The van der Waals surface area contributed by atoms with E-state index in [-0.39, 0.29) is 6.10 Å². The lowest BCUT2D eigenvalue weighted by molar-refractivity contribution is 0.162. The van der Waals surface area contributed by atoms with Crippen LogP contribution in [0.1, 0.15) is 18.4 Å². The maximum atomic E-state index is 5.98. The first-order valence-corrected chi connectivity index (χ1v) is 7.27. The molecule has 0 aliphatic carbocycles. The Morgan fingerprint density at radius 1 is 1.14 bits per heavy atom. The van der Waals surface area contributed by atoms with E-state index in [0.717, 1.165) is 37.4 Å². The van der Waals surface area contributed by atoms with Gasteiger partial charge in [0.25, 0.3) is 0 Å². The number of hydrogen-bond donors (Lipinski definition) is 0. The third kappa shape index (κ3) is 3.21. The maximum absolute atomic E-state index is 5.98. The van der Waals surface area contributed by atoms with Gasteiger partial charge in [0.1, 0.15) is 17.6 Å². The first kappa shape index (κ1) is 14.0. The van der Waals surface area contributed by atoms with Crippen LogP contribution in [0.4, 0.5) is 5.95 Å². The fraction of sp³-hybridized carbons (Fsp3) is 0.429. The molecule has 0 unspecified atom stereocenters. The molecule has 21 heavy (non-hydrogen) atoms. The van der Waals surface area contributed by atoms with Crippen LogP contribution in [0.2, 0.25) is 5.15 Å². The molecule has 1 fully saturated rings. The van der Waals surface area contributed by atoms with E-state index in [2.05, 4.69) is 24.8 Å². The van der Waals surface area contributed by atoms with Crippen molar-refractivity contribution in [3.05, 3.63) is 35.5 Å². The Bertz CT molecular complexity index is 602. The topological polar surface area (TPSA) is 64.0 Å². The van der Waals surface area contributed by atoms with Gasteiger partial charge < -0.3 is 9.64 Å². The largest absolute Gasteiger partial charge is 0.474 e. The van der Waals surface area contributed by atoms with Crippen molar-refractivity contribution < 1.29 is 4.74 Å². The predicted octanol–water partition coefficient (Wildman–Crippen LogP) is 2.28. The van der Waals surface area contributed by atoms with Gasteiger partial charge in [-0.25, -0.2) is 19.9 Å². The molecule has 0 aromatic carbocycles. The van der Waals surface area contributed by atoms with E-state index in [0.29, 0.717) is 11.0 Å². The zero-order chi connectivity index (χ0) is 14.7. The maximum Gasteiger partial charge on any atom is 0.225 e. The van der Waals surface area contributed by atoms with Gasteiger partial charge in [0, 0.05) is 43.9 Å². The van der Waals surface area contributed by atoms with Crippen LogP contribution in [0.15, 0.2) is 24.8 Å². The van der Waals surface area contributed by atoms with Gasteiger partial charge in [-0.1, -0.05) is 11.6 Å². The van der Waals surface area contributed by atoms with Crippen molar-refractivity contribution in [3.63, 3.8) is 0 Å². The van der Waals surface area contributed by atoms with Crippen LogP contribution < -0.4 is 9.64 Å². The minimum atomic E-state index is 0.134. The van der Waals surface area contributed by atoms with Crippen molar-refractivity contribution in [1.82, 2.24) is 19.9 Å². The number of nitrogens with zero attached hydrogens (tertiary/aromatic N) is 5. The monoisotopic (exact) mass is 305 g/mol. The number of halogens is 1. The van der Waals surface area contributed by atoms with E-state index in [1.54, 1.807) is 12.4 Å². The lowest BCUT2D eigenvalue weighted by Gasteiger charge is -2.32. The van der Waals surface area contributed by atoms with Crippen molar-refractivity contribution >= 4 is 17.5 Å². The van der Waals surface area contributed by atoms with Gasteiger partial charge in [-0.2, -0.15) is 0 Å². The van der Waals surface area contributed by atoms with E-state index in [1.165, 1.54) is 6.33 Å². The summed E-state index contributed by atoms with van der Waals surface area (Å²) in [5, 5.41) is 0.440. The highest BCUT2D eigenvalue weighted by molar-refractivity contribution is 6.30. The summed E-state index contributed by atoms with van der Waals surface area (Å²) in [5.74, 6) is 1.35. The fourth-order valence-electron chi connectivity index (χ4n) is 2.32. The second-order valence-electron chi connectivity index (χ2n) is 4.95. The number of piperidine rings is 1. The van der Waals surface area contributed by atoms with Gasteiger partial charge in [-0.15, -0.1) is 0 Å². The number of aromatic nitrogens is 4. The highest BCUT2D eigenvalue weighted by Gasteiger charge is 2.23. The van der Waals surface area contributed by atoms with Gasteiger partial charge >= 0.3 is 0 Å². The van der Waals surface area contributed by atoms with Gasteiger partial charge in [0.2, 0.25) is 11.8 Å². The number of hydrogen-bond acceptors (Lipinski definition) is 6. The van der Waals surface area contributed by atoms with Gasteiger partial charge in [0.15, 0.2) is 0 Å². The number of ether oxygens (including phenoxy) is 1. The Kier molecular flexibility index (Phi) is 4.15. The Labute approximate surface area is 128 Å². The van der Waals surface area contributed by atoms with Crippen LogP contribution >= 0.6 is 11.6 Å². The number of anilines is 1. The predicted molar refractivity (Wildman–Crippen MR) is 79.7 cm³/mol. The molecule has 3 rings (SSSR count). The first-order valence-electron chi connectivity index (χ1n) is 6.90. The molecule has 110 valence electrons. The third-order valence-corrected chi connectivity index (χ3v) is 3.91. The zero-order valence-electron chi connectivity index (χ0n) is 11.7. The molecule has 0 atom stereocenters. The SMILES string of the molecule is Cc1c(Cl)ncnc1OC1CCN(c2ncccn2)CC1. The molecular weight excluding hydrogens is 290 g/mol. The molecule has 6 nitrogen and oxygen atoms in total. The summed E-state index contributed by atoms with van der Waals surface area (Å²) in [7, 11) is 0. The van der Waals surface area contributed by atoms with E-state index in [1.807, 2.05) is 13.0 Å². The van der Waals surface area contributed by atoms with Crippen molar-refractivity contribution in [2.24, 2.45) is 0 Å². The summed E-state index contributed by atoms with van der Waals surface area (Å²) < 4.78 is 5.95. The molecule has 1 saturated heterocycles. The summed E-state index contributed by atoms with van der Waals surface area (Å²) in [4.78, 5) is 18.8. The van der Waals surface area contributed by atoms with Crippen LogP contribution in [-0.4, -0.2) is 39.1 Å². The standard InChI is InChI=1S/C14H16ClN5O/c1-10-12(15)18-9-19-13(10)21-11-3-7-20(8-4-11)14-16-5-2-6-17-14/h2,5-6,9,11H,3-4,7-8H2,1H3. The summed E-state index contributed by atoms with van der Waals surface area (Å²) in [6.07, 6.45) is 6.89. The van der Waals surface area contributed by atoms with E-state index in [9.17, 15) is 0 Å². The zero-order valence-corrected chi connectivity index (χ0v) is 12.5. The summed E-state index contributed by atoms with van der Waals surface area (Å²) >= 11 is 5.98. The lowest BCUT2D eigenvalue weighted by atomic mass is 10.1. The Hall–Kier alpha value is -1.95. The van der Waals surface area contributed by atoms with Crippen molar-refractivity contribution in [2.75, 3.05) is 18.0 Å². The van der Waals surface area contributed by atoms with Gasteiger partial charge in [-0.05, 0) is 13.0 Å². The number of rotatable bonds is 3. The van der Waals surface area contributed by atoms with Crippen molar-refractivity contribution in [1.29, 1.82) is 0 Å². The van der Waals surface area contributed by atoms with Gasteiger partial charge in [0.05, 0.1) is 0 Å². The molecule has 2 aromatic rings. The molecule has 3 heterocycles. The van der Waals surface area contributed by atoms with Crippen molar-refractivity contribution in [2.45, 2.75) is 25.9 Å². The highest BCUT2D eigenvalue weighted by atomic mass is 35.5. The second-order valence-corrected chi connectivity index (χ2v) is 5.31. The van der Waals surface area contributed by atoms with E-state index >= 15 is 0 Å². The van der Waals surface area contributed by atoms with E-state index < -0.39 is 0 Å². The molecule has 0 N–H and O–H groups in total. The average molecular weight is 306 g/mol. The minimum absolute atomic E-state index is 0.134. The summed E-state index contributed by atoms with van der Waals surface area (Å²) in [6, 6.07) is 1.82. The highest BCUT2D eigenvalue weighted by Crippen LogP contribution is 2.24. The first-order chi connectivity index (χ1) is 10.2. The lowest BCUT2D eigenvalue weighted by Crippen LogP contribution is -2.39. The Morgan fingerprint density at radius 3 is 2.57 bits per heavy atom. The Morgan fingerprint density at radius 2 is 1.86 bits per heavy atom. The quantitative estimate of drug-likeness (QED) is 0.811. The van der Waals surface area contributed by atoms with Crippen LogP contribution in [0.5, 0.6) is 5.88 Å².